The van der Waals surface area contributed by atoms with Gasteiger partial charge < -0.3 is 23.9 Å². The fourth-order valence-corrected chi connectivity index (χ4v) is 4.06. The Labute approximate surface area is 171 Å². The third-order valence-electron chi connectivity index (χ3n) is 4.41. The molecule has 1 amide bonds. The van der Waals surface area contributed by atoms with E-state index in [1.807, 2.05) is 6.08 Å². The molecule has 1 aliphatic rings. The zero-order valence-corrected chi connectivity index (χ0v) is 16.9. The number of nitrogens with one attached hydrogen (secondary N) is 1. The molecular formula is C20H19N3O5S. The second kappa shape index (κ2) is 8.04. The van der Waals surface area contributed by atoms with Crippen molar-refractivity contribution in [3.8, 4) is 17.2 Å². The maximum Gasteiger partial charge on any atom is 0.252 e. The number of hydrogen-bond donors (Lipinski definition) is 1. The summed E-state index contributed by atoms with van der Waals surface area (Å²) in [5, 5.41) is 2.87. The Bertz CT molecular complexity index is 1040. The van der Waals surface area contributed by atoms with E-state index in [1.165, 1.54) is 33.1 Å². The van der Waals surface area contributed by atoms with Crippen LogP contribution in [0.1, 0.15) is 22.7 Å². The van der Waals surface area contributed by atoms with Crippen LogP contribution in [0.4, 0.5) is 0 Å². The third kappa shape index (κ3) is 3.73. The van der Waals surface area contributed by atoms with E-state index < -0.39 is 0 Å². The van der Waals surface area contributed by atoms with Crippen molar-refractivity contribution < 1.29 is 23.4 Å². The second-order valence-electron chi connectivity index (χ2n) is 6.16. The minimum absolute atomic E-state index is 0.135. The first-order chi connectivity index (χ1) is 14.1. The Morgan fingerprint density at radius 3 is 2.62 bits per heavy atom. The van der Waals surface area contributed by atoms with Gasteiger partial charge >= 0.3 is 0 Å². The monoisotopic (exact) mass is 413 g/mol. The molecule has 1 aliphatic heterocycles. The van der Waals surface area contributed by atoms with Crippen LogP contribution < -0.4 is 19.5 Å². The van der Waals surface area contributed by atoms with Crippen LogP contribution in [0.5, 0.6) is 17.2 Å². The number of oxazole rings is 1. The average molecular weight is 413 g/mol. The van der Waals surface area contributed by atoms with Gasteiger partial charge in [0.05, 0.1) is 37.8 Å². The molecule has 1 atom stereocenters. The van der Waals surface area contributed by atoms with Crippen LogP contribution in [-0.4, -0.2) is 42.6 Å². The number of thioether (sulfide) groups is 1. The summed E-state index contributed by atoms with van der Waals surface area (Å²) < 4.78 is 21.7. The maximum absolute atomic E-state index is 12.8. The number of carbonyl (C=O) groups is 1. The van der Waals surface area contributed by atoms with Crippen molar-refractivity contribution in [3.05, 3.63) is 48.1 Å². The average Bonchev–Trinajstić information content (AvgIpc) is 3.39. The van der Waals surface area contributed by atoms with Gasteiger partial charge in [-0.3, -0.25) is 9.78 Å². The predicted octanol–water partition coefficient (Wildman–Crippen LogP) is 3.48. The molecule has 3 aromatic rings. The van der Waals surface area contributed by atoms with E-state index in [1.54, 1.807) is 30.6 Å². The van der Waals surface area contributed by atoms with E-state index in [0.29, 0.717) is 46.2 Å². The van der Waals surface area contributed by atoms with Crippen molar-refractivity contribution in [2.45, 2.75) is 11.8 Å². The number of benzene rings is 1. The number of carbonyl (C=O) groups excluding carboxylic acids is 1. The molecule has 0 spiro atoms. The van der Waals surface area contributed by atoms with Crippen LogP contribution in [0.2, 0.25) is 0 Å². The Morgan fingerprint density at radius 2 is 1.97 bits per heavy atom. The van der Waals surface area contributed by atoms with Crippen molar-refractivity contribution in [2.75, 3.05) is 21.3 Å². The molecule has 8 nitrogen and oxygen atoms in total. The van der Waals surface area contributed by atoms with Gasteiger partial charge in [-0.1, -0.05) is 17.8 Å². The Morgan fingerprint density at radius 1 is 1.21 bits per heavy atom. The summed E-state index contributed by atoms with van der Waals surface area (Å²) >= 11 is 1.49. The Hall–Kier alpha value is -3.20. The standard InChI is InChI=1S/C20H19N3O5S/c1-25-14-8-11(9-15(26-2)18(14)27-3)19(24)23-17-5-4-16(29-17)20-22-12-10-21-7-6-13(12)28-20/h4,6-10,17H,5H2,1-3H3,(H,23,24). The third-order valence-corrected chi connectivity index (χ3v) is 5.60. The highest BCUT2D eigenvalue weighted by atomic mass is 32.2. The quantitative estimate of drug-likeness (QED) is 0.656. The van der Waals surface area contributed by atoms with Crippen LogP contribution in [0.25, 0.3) is 16.0 Å². The smallest absolute Gasteiger partial charge is 0.252 e. The maximum atomic E-state index is 12.8. The lowest BCUT2D eigenvalue weighted by Crippen LogP contribution is -2.30. The Balaban J connectivity index is 1.47. The fourth-order valence-electron chi connectivity index (χ4n) is 3.02. The van der Waals surface area contributed by atoms with E-state index in [0.717, 1.165) is 4.91 Å². The molecule has 1 unspecified atom stereocenters. The Kier molecular flexibility index (Phi) is 5.30. The van der Waals surface area contributed by atoms with Gasteiger partial charge in [-0.25, -0.2) is 4.98 Å². The summed E-state index contributed by atoms with van der Waals surface area (Å²) in [4.78, 5) is 22.2. The molecule has 9 heteroatoms. The first kappa shape index (κ1) is 19.1. The van der Waals surface area contributed by atoms with Crippen LogP contribution in [0.3, 0.4) is 0 Å². The lowest BCUT2D eigenvalue weighted by Gasteiger charge is -2.16. The van der Waals surface area contributed by atoms with Crippen LogP contribution >= 0.6 is 11.8 Å². The number of rotatable bonds is 6. The predicted molar refractivity (Wildman–Crippen MR) is 109 cm³/mol. The fraction of sp³-hybridized carbons (Fsp3) is 0.250. The SMILES string of the molecule is COc1cc(C(=O)NC2CC=C(c3nc4cnccc4o3)S2)cc(OC)c1OC. The van der Waals surface area contributed by atoms with Crippen molar-refractivity contribution in [2.24, 2.45) is 0 Å². The number of fused-ring (bicyclic) bond motifs is 1. The van der Waals surface area contributed by atoms with Gasteiger partial charge in [0, 0.05) is 17.8 Å². The number of nitrogens with zero attached hydrogens (tertiary/aromatic N) is 2. The largest absolute Gasteiger partial charge is 0.493 e. The number of aromatic nitrogens is 2. The minimum atomic E-state index is -0.238. The van der Waals surface area contributed by atoms with Crippen LogP contribution in [0, 0.1) is 0 Å². The molecule has 1 N–H and O–H groups in total. The molecule has 0 bridgehead atoms. The summed E-state index contributed by atoms with van der Waals surface area (Å²) in [6.45, 7) is 0. The number of amides is 1. The zero-order chi connectivity index (χ0) is 20.4. The van der Waals surface area contributed by atoms with Crippen molar-refractivity contribution >= 4 is 33.7 Å². The highest BCUT2D eigenvalue weighted by molar-refractivity contribution is 8.09. The first-order valence-electron chi connectivity index (χ1n) is 8.81. The van der Waals surface area contributed by atoms with Gasteiger partial charge in [-0.05, 0) is 18.6 Å². The van der Waals surface area contributed by atoms with Gasteiger partial charge in [-0.15, -0.1) is 0 Å². The molecule has 1 aromatic carbocycles. The summed E-state index contributed by atoms with van der Waals surface area (Å²) in [7, 11) is 4.54. The summed E-state index contributed by atoms with van der Waals surface area (Å²) in [6, 6.07) is 5.02. The molecule has 0 radical (unpaired) electrons. The minimum Gasteiger partial charge on any atom is -0.493 e. The number of hydrogen-bond acceptors (Lipinski definition) is 8. The molecule has 0 fully saturated rings. The van der Waals surface area contributed by atoms with Gasteiger partial charge in [-0.2, -0.15) is 0 Å². The van der Waals surface area contributed by atoms with E-state index in [9.17, 15) is 4.79 Å². The highest BCUT2D eigenvalue weighted by Crippen LogP contribution is 2.40. The van der Waals surface area contributed by atoms with Crippen molar-refractivity contribution in [3.63, 3.8) is 0 Å². The van der Waals surface area contributed by atoms with E-state index >= 15 is 0 Å². The first-order valence-corrected chi connectivity index (χ1v) is 9.69. The number of methoxy groups -OCH3 is 3. The highest BCUT2D eigenvalue weighted by Gasteiger charge is 2.25. The summed E-state index contributed by atoms with van der Waals surface area (Å²) in [5.41, 5.74) is 1.80. The molecule has 4 rings (SSSR count). The number of ether oxygens (including phenoxy) is 3. The molecule has 29 heavy (non-hydrogen) atoms. The van der Waals surface area contributed by atoms with Crippen molar-refractivity contribution in [1.82, 2.24) is 15.3 Å². The van der Waals surface area contributed by atoms with E-state index in [4.69, 9.17) is 18.6 Å². The zero-order valence-electron chi connectivity index (χ0n) is 16.1. The molecule has 3 heterocycles. The topological polar surface area (TPSA) is 95.7 Å². The van der Waals surface area contributed by atoms with Gasteiger partial charge in [0.2, 0.25) is 11.6 Å². The van der Waals surface area contributed by atoms with Gasteiger partial charge in [0.15, 0.2) is 17.1 Å². The number of pyridine rings is 1. The van der Waals surface area contributed by atoms with E-state index in [2.05, 4.69) is 15.3 Å². The molecule has 0 aliphatic carbocycles. The second-order valence-corrected chi connectivity index (χ2v) is 7.41. The molecule has 2 aromatic heterocycles. The molecule has 150 valence electrons. The normalized spacial score (nSPS) is 15.8. The van der Waals surface area contributed by atoms with Crippen LogP contribution in [-0.2, 0) is 0 Å². The van der Waals surface area contributed by atoms with Gasteiger partial charge in [0.1, 0.15) is 5.52 Å². The lowest BCUT2D eigenvalue weighted by molar-refractivity contribution is 0.0949. The summed E-state index contributed by atoms with van der Waals surface area (Å²) in [5.74, 6) is 1.59. The molecule has 0 saturated carbocycles. The molecule has 0 saturated heterocycles. The lowest BCUT2D eigenvalue weighted by atomic mass is 10.1. The van der Waals surface area contributed by atoms with E-state index in [-0.39, 0.29) is 11.3 Å². The summed E-state index contributed by atoms with van der Waals surface area (Å²) in [6.07, 6.45) is 5.98. The van der Waals surface area contributed by atoms with Crippen LogP contribution in [0.15, 0.2) is 41.1 Å². The van der Waals surface area contributed by atoms with Gasteiger partial charge in [0.25, 0.3) is 5.91 Å². The van der Waals surface area contributed by atoms with Crippen molar-refractivity contribution in [1.29, 1.82) is 0 Å². The molecular weight excluding hydrogens is 394 g/mol.